The van der Waals surface area contributed by atoms with E-state index in [1.54, 1.807) is 24.7 Å². The van der Waals surface area contributed by atoms with Gasteiger partial charge in [-0.15, -0.1) is 11.3 Å². The highest BCUT2D eigenvalue weighted by molar-refractivity contribution is 7.75. The summed E-state index contributed by atoms with van der Waals surface area (Å²) in [7, 11) is -1.98. The van der Waals surface area contributed by atoms with E-state index in [0.29, 0.717) is 0 Å². The average Bonchev–Trinajstić information content (AvgIpc) is 2.11. The van der Waals surface area contributed by atoms with E-state index in [9.17, 15) is 4.57 Å². The lowest BCUT2D eigenvalue weighted by atomic mass is 10.5. The molecule has 0 bridgehead atoms. The van der Waals surface area contributed by atoms with Gasteiger partial charge in [0.25, 0.3) is 0 Å². The molecule has 0 N–H and O–H groups in total. The van der Waals surface area contributed by atoms with Crippen LogP contribution in [-0.4, -0.2) is 13.3 Å². The first-order chi connectivity index (χ1) is 4.50. The molecule has 0 aromatic carbocycles. The fourth-order valence-electron chi connectivity index (χ4n) is 0.711. The second kappa shape index (κ2) is 2.52. The first-order valence-corrected chi connectivity index (χ1v) is 6.54. The van der Waals surface area contributed by atoms with Crippen LogP contribution in [0, 0.1) is 6.92 Å². The van der Waals surface area contributed by atoms with Gasteiger partial charge in [0.15, 0.2) is 0 Å². The minimum absolute atomic E-state index is 1.03. The average molecular weight is 174 g/mol. The molecule has 0 unspecified atom stereocenters. The van der Waals surface area contributed by atoms with Crippen molar-refractivity contribution in [1.29, 1.82) is 0 Å². The summed E-state index contributed by atoms with van der Waals surface area (Å²) in [5.74, 6) is 0. The van der Waals surface area contributed by atoms with Crippen molar-refractivity contribution >= 4 is 23.1 Å². The molecule has 10 heavy (non-hydrogen) atoms. The molecule has 3 heteroatoms. The van der Waals surface area contributed by atoms with Gasteiger partial charge in [0.2, 0.25) is 0 Å². The standard InChI is InChI=1S/C7H11OPS/c1-6-4-5-7(10-6)9(2,3)8/h4-5H,1-3H3. The zero-order valence-electron chi connectivity index (χ0n) is 6.42. The highest BCUT2D eigenvalue weighted by Gasteiger charge is 2.11. The minimum atomic E-state index is -1.98. The van der Waals surface area contributed by atoms with E-state index in [-0.39, 0.29) is 0 Å². The second-order valence-electron chi connectivity index (χ2n) is 2.74. The molecule has 0 radical (unpaired) electrons. The number of aryl methyl sites for hydroxylation is 1. The molecule has 1 heterocycles. The zero-order valence-corrected chi connectivity index (χ0v) is 8.13. The fraction of sp³-hybridized carbons (Fsp3) is 0.429. The summed E-state index contributed by atoms with van der Waals surface area (Å²) >= 11 is 1.63. The lowest BCUT2D eigenvalue weighted by Crippen LogP contribution is -1.93. The van der Waals surface area contributed by atoms with Crippen LogP contribution in [0.15, 0.2) is 12.1 Å². The topological polar surface area (TPSA) is 17.1 Å². The highest BCUT2D eigenvalue weighted by atomic mass is 32.1. The Kier molecular flexibility index (Phi) is 2.02. The summed E-state index contributed by atoms with van der Waals surface area (Å²) in [6.07, 6.45) is 0. The first-order valence-electron chi connectivity index (χ1n) is 3.12. The third-order valence-electron chi connectivity index (χ3n) is 1.26. The molecule has 0 aliphatic carbocycles. The van der Waals surface area contributed by atoms with Crippen molar-refractivity contribution in [2.45, 2.75) is 6.92 Å². The number of thiophene rings is 1. The summed E-state index contributed by atoms with van der Waals surface area (Å²) in [6.45, 7) is 5.64. The van der Waals surface area contributed by atoms with Crippen molar-refractivity contribution in [3.63, 3.8) is 0 Å². The fourth-order valence-corrected chi connectivity index (χ4v) is 3.06. The third kappa shape index (κ3) is 1.71. The van der Waals surface area contributed by atoms with Gasteiger partial charge in [0.1, 0.15) is 7.14 Å². The van der Waals surface area contributed by atoms with E-state index in [4.69, 9.17) is 0 Å². The summed E-state index contributed by atoms with van der Waals surface area (Å²) < 4.78 is 12.5. The summed E-state index contributed by atoms with van der Waals surface area (Å²) in [5, 5.41) is 0. The predicted octanol–water partition coefficient (Wildman–Crippen LogP) is 2.30. The molecular weight excluding hydrogens is 163 g/mol. The normalized spacial score (nSPS) is 11.9. The van der Waals surface area contributed by atoms with Crippen LogP contribution in [-0.2, 0) is 4.57 Å². The van der Waals surface area contributed by atoms with Gasteiger partial charge in [-0.1, -0.05) is 0 Å². The molecule has 1 aromatic heterocycles. The molecule has 56 valence electrons. The van der Waals surface area contributed by atoms with Crippen molar-refractivity contribution in [3.8, 4) is 0 Å². The molecule has 0 aliphatic heterocycles. The van der Waals surface area contributed by atoms with Gasteiger partial charge in [-0.3, -0.25) is 0 Å². The van der Waals surface area contributed by atoms with Gasteiger partial charge in [-0.05, 0) is 32.4 Å². The van der Waals surface area contributed by atoms with Crippen LogP contribution in [0.3, 0.4) is 0 Å². The maximum atomic E-state index is 11.4. The van der Waals surface area contributed by atoms with E-state index < -0.39 is 7.14 Å². The summed E-state index contributed by atoms with van der Waals surface area (Å²) in [6, 6.07) is 3.97. The lowest BCUT2D eigenvalue weighted by molar-refractivity contribution is 0.588. The molecule has 0 atom stereocenters. The maximum Gasteiger partial charge on any atom is 0.119 e. The molecule has 1 nitrogen and oxygen atoms in total. The molecule has 0 aliphatic rings. The van der Waals surface area contributed by atoms with Gasteiger partial charge in [0, 0.05) is 4.88 Å². The van der Waals surface area contributed by atoms with Gasteiger partial charge < -0.3 is 4.57 Å². The van der Waals surface area contributed by atoms with Crippen LogP contribution in [0.5, 0.6) is 0 Å². The van der Waals surface area contributed by atoms with Gasteiger partial charge in [-0.2, -0.15) is 0 Å². The summed E-state index contributed by atoms with van der Waals surface area (Å²) in [5.41, 5.74) is 0. The molecule has 0 spiro atoms. The van der Waals surface area contributed by atoms with Crippen molar-refractivity contribution in [1.82, 2.24) is 0 Å². The van der Waals surface area contributed by atoms with Crippen LogP contribution in [0.2, 0.25) is 0 Å². The maximum absolute atomic E-state index is 11.4. The summed E-state index contributed by atoms with van der Waals surface area (Å²) in [4.78, 5) is 1.24. The molecule has 0 saturated carbocycles. The van der Waals surface area contributed by atoms with E-state index >= 15 is 0 Å². The smallest absolute Gasteiger partial charge is 0.119 e. The Hall–Kier alpha value is -0.0700. The Balaban J connectivity index is 3.08. The number of rotatable bonds is 1. The molecular formula is C7H11OPS. The molecule has 0 fully saturated rings. The Morgan fingerprint density at radius 3 is 2.20 bits per heavy atom. The van der Waals surface area contributed by atoms with Gasteiger partial charge >= 0.3 is 0 Å². The van der Waals surface area contributed by atoms with E-state index in [0.717, 1.165) is 4.62 Å². The Labute approximate surface area is 65.5 Å². The van der Waals surface area contributed by atoms with E-state index in [1.807, 2.05) is 19.1 Å². The number of hydrogen-bond donors (Lipinski definition) is 0. The molecule has 0 saturated heterocycles. The van der Waals surface area contributed by atoms with Crippen molar-refractivity contribution in [2.24, 2.45) is 0 Å². The number of hydrogen-bond acceptors (Lipinski definition) is 2. The van der Waals surface area contributed by atoms with Crippen LogP contribution in [0.25, 0.3) is 0 Å². The van der Waals surface area contributed by atoms with Crippen molar-refractivity contribution in [2.75, 3.05) is 13.3 Å². The van der Waals surface area contributed by atoms with Crippen LogP contribution >= 0.6 is 18.5 Å². The SMILES string of the molecule is Cc1ccc(P(C)(C)=O)s1. The van der Waals surface area contributed by atoms with Crippen molar-refractivity contribution < 1.29 is 4.57 Å². The first kappa shape index (κ1) is 8.03. The van der Waals surface area contributed by atoms with E-state index in [2.05, 4.69) is 0 Å². The Morgan fingerprint density at radius 1 is 1.40 bits per heavy atom. The monoisotopic (exact) mass is 174 g/mol. The Morgan fingerprint density at radius 2 is 2.00 bits per heavy atom. The quantitative estimate of drug-likeness (QED) is 0.597. The largest absolute Gasteiger partial charge is 0.318 e. The highest BCUT2D eigenvalue weighted by Crippen LogP contribution is 2.37. The predicted molar refractivity (Wildman–Crippen MR) is 48.1 cm³/mol. The second-order valence-corrected chi connectivity index (χ2v) is 7.51. The molecule has 1 rings (SSSR count). The lowest BCUT2D eigenvalue weighted by Gasteiger charge is -1.99. The van der Waals surface area contributed by atoms with Crippen LogP contribution in [0.4, 0.5) is 0 Å². The molecule has 1 aromatic rings. The zero-order chi connectivity index (χ0) is 7.78. The third-order valence-corrected chi connectivity index (χ3v) is 4.86. The van der Waals surface area contributed by atoms with E-state index in [1.165, 1.54) is 4.88 Å². The van der Waals surface area contributed by atoms with Crippen LogP contribution < -0.4 is 4.62 Å². The van der Waals surface area contributed by atoms with Crippen LogP contribution in [0.1, 0.15) is 4.88 Å². The Bertz CT molecular complexity index is 271. The molecule has 0 amide bonds. The van der Waals surface area contributed by atoms with Crippen molar-refractivity contribution in [3.05, 3.63) is 17.0 Å². The van der Waals surface area contributed by atoms with Gasteiger partial charge in [-0.25, -0.2) is 0 Å². The van der Waals surface area contributed by atoms with Gasteiger partial charge in [0.05, 0.1) is 4.62 Å². The minimum Gasteiger partial charge on any atom is -0.318 e.